The minimum Gasteiger partial charge on any atom is -0.389 e. The minimum absolute atomic E-state index is 0. The van der Waals surface area contributed by atoms with E-state index in [1.807, 2.05) is 6.08 Å². The van der Waals surface area contributed by atoms with Crippen LogP contribution in [0.2, 0.25) is 0 Å². The van der Waals surface area contributed by atoms with Gasteiger partial charge in [-0.1, -0.05) is 12.2 Å². The van der Waals surface area contributed by atoms with Crippen molar-refractivity contribution in [3.8, 4) is 0 Å². The Morgan fingerprint density at radius 2 is 2.00 bits per heavy atom. The minimum atomic E-state index is -0.241. The first-order chi connectivity index (χ1) is 3.79. The van der Waals surface area contributed by atoms with Gasteiger partial charge in [-0.15, -0.1) is 12.4 Å². The van der Waals surface area contributed by atoms with Crippen LogP contribution in [0.25, 0.3) is 0 Å². The SMILES string of the molecule is Cl.N[C@H]1C=C[C@@H](O)CC1. The Balaban J connectivity index is 0.000000640. The van der Waals surface area contributed by atoms with Gasteiger partial charge in [0, 0.05) is 6.04 Å². The second-order valence-electron chi connectivity index (χ2n) is 2.19. The lowest BCUT2D eigenvalue weighted by atomic mass is 10.0. The largest absolute Gasteiger partial charge is 0.389 e. The first-order valence-electron chi connectivity index (χ1n) is 2.91. The molecule has 0 spiro atoms. The fourth-order valence-corrected chi connectivity index (χ4v) is 0.827. The first-order valence-corrected chi connectivity index (χ1v) is 2.91. The standard InChI is InChI=1S/C6H11NO.ClH/c7-5-1-3-6(8)4-2-5;/h1,3,5-6,8H,2,4,7H2;1H/t5-,6+;/m0./s1. The lowest BCUT2D eigenvalue weighted by molar-refractivity contribution is 0.201. The van der Waals surface area contributed by atoms with Crippen LogP contribution >= 0.6 is 12.4 Å². The zero-order chi connectivity index (χ0) is 5.98. The molecule has 0 amide bonds. The molecule has 0 saturated heterocycles. The number of rotatable bonds is 0. The van der Waals surface area contributed by atoms with Crippen molar-refractivity contribution in [3.05, 3.63) is 12.2 Å². The van der Waals surface area contributed by atoms with Gasteiger partial charge in [-0.05, 0) is 12.8 Å². The second kappa shape index (κ2) is 3.88. The predicted octanol–water partition coefficient (Wildman–Crippen LogP) is 0.446. The summed E-state index contributed by atoms with van der Waals surface area (Å²) in [5, 5.41) is 8.88. The monoisotopic (exact) mass is 149 g/mol. The van der Waals surface area contributed by atoms with E-state index in [2.05, 4.69) is 0 Å². The number of hydrogen-bond donors (Lipinski definition) is 2. The van der Waals surface area contributed by atoms with Gasteiger partial charge in [-0.25, -0.2) is 0 Å². The molecular formula is C6H12ClNO. The molecule has 0 radical (unpaired) electrons. The smallest absolute Gasteiger partial charge is 0.0722 e. The molecule has 0 bridgehead atoms. The number of aliphatic hydroxyl groups excluding tert-OH is 1. The zero-order valence-corrected chi connectivity index (χ0v) is 5.97. The third kappa shape index (κ3) is 2.84. The molecule has 3 N–H and O–H groups in total. The molecule has 9 heavy (non-hydrogen) atoms. The topological polar surface area (TPSA) is 46.2 Å². The highest BCUT2D eigenvalue weighted by Gasteiger charge is 2.08. The summed E-state index contributed by atoms with van der Waals surface area (Å²) in [5.41, 5.74) is 5.50. The summed E-state index contributed by atoms with van der Waals surface area (Å²) in [6.45, 7) is 0. The van der Waals surface area contributed by atoms with Gasteiger partial charge in [-0.2, -0.15) is 0 Å². The van der Waals surface area contributed by atoms with Crippen LogP contribution in [0.1, 0.15) is 12.8 Å². The maximum atomic E-state index is 8.88. The van der Waals surface area contributed by atoms with Crippen LogP contribution in [0.5, 0.6) is 0 Å². The number of nitrogens with two attached hydrogens (primary N) is 1. The molecule has 0 unspecified atom stereocenters. The van der Waals surface area contributed by atoms with Gasteiger partial charge in [-0.3, -0.25) is 0 Å². The first kappa shape index (κ1) is 8.95. The summed E-state index contributed by atoms with van der Waals surface area (Å²) in [7, 11) is 0. The number of halogens is 1. The van der Waals surface area contributed by atoms with E-state index >= 15 is 0 Å². The van der Waals surface area contributed by atoms with Crippen molar-refractivity contribution in [1.82, 2.24) is 0 Å². The number of hydrogen-bond acceptors (Lipinski definition) is 2. The van der Waals surface area contributed by atoms with Crippen LogP contribution in [-0.4, -0.2) is 17.3 Å². The number of aliphatic hydroxyl groups is 1. The Hall–Kier alpha value is -0.0500. The molecule has 2 atom stereocenters. The van der Waals surface area contributed by atoms with Crippen molar-refractivity contribution in [3.63, 3.8) is 0 Å². The average Bonchev–Trinajstić information content (AvgIpc) is 1.77. The molecule has 2 nitrogen and oxygen atoms in total. The Kier molecular flexibility index (Phi) is 3.86. The normalized spacial score (nSPS) is 33.6. The van der Waals surface area contributed by atoms with Crippen LogP contribution in [0.4, 0.5) is 0 Å². The molecule has 0 saturated carbocycles. The van der Waals surface area contributed by atoms with E-state index in [0.29, 0.717) is 0 Å². The molecule has 0 heterocycles. The van der Waals surface area contributed by atoms with Crippen LogP contribution in [-0.2, 0) is 0 Å². The van der Waals surface area contributed by atoms with Gasteiger partial charge >= 0.3 is 0 Å². The Labute approximate surface area is 61.2 Å². The molecule has 0 aliphatic heterocycles. The van der Waals surface area contributed by atoms with Crippen LogP contribution in [0.15, 0.2) is 12.2 Å². The van der Waals surface area contributed by atoms with Gasteiger partial charge in [0.15, 0.2) is 0 Å². The van der Waals surface area contributed by atoms with Crippen molar-refractivity contribution in [2.24, 2.45) is 5.73 Å². The van der Waals surface area contributed by atoms with Gasteiger partial charge < -0.3 is 10.8 Å². The predicted molar refractivity (Wildman–Crippen MR) is 39.6 cm³/mol. The van der Waals surface area contributed by atoms with E-state index in [1.165, 1.54) is 0 Å². The zero-order valence-electron chi connectivity index (χ0n) is 5.16. The van der Waals surface area contributed by atoms with Crippen molar-refractivity contribution in [1.29, 1.82) is 0 Å². The Morgan fingerprint density at radius 1 is 1.33 bits per heavy atom. The van der Waals surface area contributed by atoms with E-state index in [9.17, 15) is 0 Å². The molecule has 0 aromatic heterocycles. The van der Waals surface area contributed by atoms with Crippen molar-refractivity contribution in [2.75, 3.05) is 0 Å². The van der Waals surface area contributed by atoms with Gasteiger partial charge in [0.05, 0.1) is 6.10 Å². The highest BCUT2D eigenvalue weighted by molar-refractivity contribution is 5.85. The summed E-state index contributed by atoms with van der Waals surface area (Å²) in [5.74, 6) is 0. The molecule has 1 aliphatic rings. The third-order valence-corrected chi connectivity index (χ3v) is 1.38. The highest BCUT2D eigenvalue weighted by Crippen LogP contribution is 2.08. The van der Waals surface area contributed by atoms with Crippen molar-refractivity contribution in [2.45, 2.75) is 25.0 Å². The van der Waals surface area contributed by atoms with E-state index in [0.717, 1.165) is 12.8 Å². The van der Waals surface area contributed by atoms with Gasteiger partial charge in [0.1, 0.15) is 0 Å². The quantitative estimate of drug-likeness (QED) is 0.492. The van der Waals surface area contributed by atoms with Crippen molar-refractivity contribution >= 4 is 12.4 Å². The maximum Gasteiger partial charge on any atom is 0.0722 e. The fourth-order valence-electron chi connectivity index (χ4n) is 0.827. The molecule has 3 heteroatoms. The fraction of sp³-hybridized carbons (Fsp3) is 0.667. The van der Waals surface area contributed by atoms with Crippen LogP contribution in [0.3, 0.4) is 0 Å². The van der Waals surface area contributed by atoms with E-state index in [-0.39, 0.29) is 24.6 Å². The Bertz CT molecular complexity index is 93.2. The van der Waals surface area contributed by atoms with E-state index < -0.39 is 0 Å². The molecule has 0 aromatic rings. The van der Waals surface area contributed by atoms with Gasteiger partial charge in [0.2, 0.25) is 0 Å². The molecule has 1 aliphatic carbocycles. The van der Waals surface area contributed by atoms with E-state index in [1.54, 1.807) is 6.08 Å². The van der Waals surface area contributed by atoms with Crippen LogP contribution < -0.4 is 5.73 Å². The summed E-state index contributed by atoms with van der Waals surface area (Å²) >= 11 is 0. The second-order valence-corrected chi connectivity index (χ2v) is 2.19. The van der Waals surface area contributed by atoms with Gasteiger partial charge in [0.25, 0.3) is 0 Å². The lowest BCUT2D eigenvalue weighted by Gasteiger charge is -2.14. The Morgan fingerprint density at radius 3 is 2.33 bits per heavy atom. The third-order valence-electron chi connectivity index (χ3n) is 1.38. The van der Waals surface area contributed by atoms with E-state index in [4.69, 9.17) is 10.8 Å². The summed E-state index contributed by atoms with van der Waals surface area (Å²) < 4.78 is 0. The maximum absolute atomic E-state index is 8.88. The lowest BCUT2D eigenvalue weighted by Crippen LogP contribution is -2.23. The average molecular weight is 150 g/mol. The summed E-state index contributed by atoms with van der Waals surface area (Å²) in [6, 6.07) is 0.179. The molecule has 0 fully saturated rings. The highest BCUT2D eigenvalue weighted by atomic mass is 35.5. The summed E-state index contributed by atoms with van der Waals surface area (Å²) in [6.07, 6.45) is 5.10. The molecule has 54 valence electrons. The molecular weight excluding hydrogens is 138 g/mol. The molecule has 0 aromatic carbocycles. The molecule has 1 rings (SSSR count). The van der Waals surface area contributed by atoms with Crippen LogP contribution in [0, 0.1) is 0 Å². The van der Waals surface area contributed by atoms with Crippen molar-refractivity contribution < 1.29 is 5.11 Å². The summed E-state index contributed by atoms with van der Waals surface area (Å²) in [4.78, 5) is 0.